The molecule has 142 valence electrons. The molecule has 6 nitrogen and oxygen atoms in total. The van der Waals surface area contributed by atoms with Gasteiger partial charge in [0.25, 0.3) is 0 Å². The molecule has 0 saturated heterocycles. The first kappa shape index (κ1) is 18.4. The van der Waals surface area contributed by atoms with E-state index >= 15 is 0 Å². The predicted octanol–water partition coefficient (Wildman–Crippen LogP) is 4.05. The third-order valence-corrected chi connectivity index (χ3v) is 4.97. The fourth-order valence-corrected chi connectivity index (χ4v) is 3.30. The summed E-state index contributed by atoms with van der Waals surface area (Å²) in [5.41, 5.74) is 1.06. The van der Waals surface area contributed by atoms with Crippen molar-refractivity contribution in [2.75, 3.05) is 0 Å². The van der Waals surface area contributed by atoms with Gasteiger partial charge in [-0.2, -0.15) is 5.26 Å². The smallest absolute Gasteiger partial charge is 0.233 e. The highest BCUT2D eigenvalue weighted by atomic mass is 35.5. The summed E-state index contributed by atoms with van der Waals surface area (Å²) in [5, 5.41) is 25.1. The van der Waals surface area contributed by atoms with Crippen LogP contribution in [0.4, 0.5) is 0 Å². The van der Waals surface area contributed by atoms with Crippen LogP contribution in [-0.2, 0) is 0 Å². The highest BCUT2D eigenvalue weighted by Gasteiger charge is 2.44. The van der Waals surface area contributed by atoms with Gasteiger partial charge >= 0.3 is 0 Å². The van der Waals surface area contributed by atoms with Crippen LogP contribution in [0.5, 0.6) is 11.6 Å². The van der Waals surface area contributed by atoms with E-state index in [1.807, 2.05) is 12.1 Å². The number of benzene rings is 2. The normalized spacial score (nSPS) is 20.0. The summed E-state index contributed by atoms with van der Waals surface area (Å²) >= 11 is 5.93. The van der Waals surface area contributed by atoms with Gasteiger partial charge in [0.15, 0.2) is 6.10 Å². The molecule has 4 rings (SSSR count). The van der Waals surface area contributed by atoms with Gasteiger partial charge in [-0.05, 0) is 56.3 Å². The molecule has 0 bridgehead atoms. The third kappa shape index (κ3) is 3.31. The van der Waals surface area contributed by atoms with Crippen LogP contribution in [0.15, 0.2) is 54.7 Å². The molecule has 0 unspecified atom stereocenters. The Labute approximate surface area is 167 Å². The Kier molecular flexibility index (Phi) is 4.50. The SMILES string of the molecule is CC1(C)Oc2ccc(C#N)cc2[C@@H](Oc2ccn(-c3ccc(Cl)cc3)n2)[C@@H]1O. The monoisotopic (exact) mass is 395 g/mol. The first-order valence-corrected chi connectivity index (χ1v) is 9.14. The van der Waals surface area contributed by atoms with E-state index in [1.165, 1.54) is 0 Å². The zero-order valence-electron chi connectivity index (χ0n) is 15.3. The fraction of sp³-hybridized carbons (Fsp3) is 0.238. The Bertz CT molecular complexity index is 1050. The van der Waals surface area contributed by atoms with Crippen LogP contribution in [-0.4, -0.2) is 26.6 Å². The average Bonchev–Trinajstić information content (AvgIpc) is 3.14. The van der Waals surface area contributed by atoms with Gasteiger partial charge in [0.2, 0.25) is 5.88 Å². The Hall–Kier alpha value is -3.01. The topological polar surface area (TPSA) is 80.3 Å². The highest BCUT2D eigenvalue weighted by Crippen LogP contribution is 2.42. The number of hydrogen-bond acceptors (Lipinski definition) is 5. The minimum Gasteiger partial charge on any atom is -0.485 e. The molecule has 2 atom stereocenters. The van der Waals surface area contributed by atoms with Gasteiger partial charge in [0.05, 0.1) is 17.3 Å². The van der Waals surface area contributed by atoms with Crippen LogP contribution >= 0.6 is 11.6 Å². The van der Waals surface area contributed by atoms with Crippen molar-refractivity contribution in [2.45, 2.75) is 31.7 Å². The van der Waals surface area contributed by atoms with E-state index in [2.05, 4.69) is 11.2 Å². The van der Waals surface area contributed by atoms with Gasteiger partial charge in [-0.1, -0.05) is 11.6 Å². The molecule has 1 N–H and O–H groups in total. The lowest BCUT2D eigenvalue weighted by Gasteiger charge is -2.41. The molecule has 1 aliphatic heterocycles. The molecule has 0 aliphatic carbocycles. The number of aliphatic hydroxyl groups is 1. The molecule has 1 aromatic heterocycles. The number of hydrogen-bond donors (Lipinski definition) is 1. The molecule has 28 heavy (non-hydrogen) atoms. The van der Waals surface area contributed by atoms with Crippen LogP contribution in [0.3, 0.4) is 0 Å². The Balaban J connectivity index is 1.67. The van der Waals surface area contributed by atoms with Crippen molar-refractivity contribution < 1.29 is 14.6 Å². The van der Waals surface area contributed by atoms with E-state index in [-0.39, 0.29) is 0 Å². The van der Waals surface area contributed by atoms with Crippen LogP contribution < -0.4 is 9.47 Å². The van der Waals surface area contributed by atoms with Crippen LogP contribution in [0, 0.1) is 11.3 Å². The molecule has 0 radical (unpaired) electrons. The summed E-state index contributed by atoms with van der Waals surface area (Å²) in [6, 6.07) is 16.2. The van der Waals surface area contributed by atoms with Gasteiger partial charge in [-0.25, -0.2) is 4.68 Å². The number of aliphatic hydroxyl groups excluding tert-OH is 1. The van der Waals surface area contributed by atoms with Crippen molar-refractivity contribution in [1.29, 1.82) is 5.26 Å². The van der Waals surface area contributed by atoms with Crippen LogP contribution in [0.25, 0.3) is 5.69 Å². The maximum absolute atomic E-state index is 10.8. The quantitative estimate of drug-likeness (QED) is 0.723. The van der Waals surface area contributed by atoms with Crippen molar-refractivity contribution >= 4 is 11.6 Å². The summed E-state index contributed by atoms with van der Waals surface area (Å²) in [5.74, 6) is 0.932. The lowest BCUT2D eigenvalue weighted by atomic mass is 9.88. The van der Waals surface area contributed by atoms with E-state index < -0.39 is 17.8 Å². The van der Waals surface area contributed by atoms with Crippen molar-refractivity contribution in [3.8, 4) is 23.4 Å². The number of ether oxygens (including phenoxy) is 2. The molecule has 2 aromatic carbocycles. The molecule has 0 fully saturated rings. The molecular weight excluding hydrogens is 378 g/mol. The molecule has 0 spiro atoms. The van der Waals surface area contributed by atoms with E-state index in [1.54, 1.807) is 61.1 Å². The van der Waals surface area contributed by atoms with Gasteiger partial charge in [0.1, 0.15) is 17.5 Å². The number of aromatic nitrogens is 2. The molecule has 0 amide bonds. The van der Waals surface area contributed by atoms with E-state index in [4.69, 9.17) is 21.1 Å². The van der Waals surface area contributed by atoms with Crippen LogP contribution in [0.1, 0.15) is 31.1 Å². The maximum Gasteiger partial charge on any atom is 0.233 e. The second-order valence-electron chi connectivity index (χ2n) is 7.13. The summed E-state index contributed by atoms with van der Waals surface area (Å²) in [7, 11) is 0. The molecule has 7 heteroatoms. The van der Waals surface area contributed by atoms with Crippen molar-refractivity contribution in [1.82, 2.24) is 9.78 Å². The summed E-state index contributed by atoms with van der Waals surface area (Å²) in [6.45, 7) is 3.59. The van der Waals surface area contributed by atoms with E-state index in [9.17, 15) is 10.4 Å². The van der Waals surface area contributed by atoms with E-state index in [0.29, 0.717) is 27.8 Å². The number of halogens is 1. The van der Waals surface area contributed by atoms with Crippen LogP contribution in [0.2, 0.25) is 5.02 Å². The van der Waals surface area contributed by atoms with Gasteiger partial charge in [-0.3, -0.25) is 0 Å². The number of nitrogens with zero attached hydrogens (tertiary/aromatic N) is 3. The second-order valence-corrected chi connectivity index (χ2v) is 7.56. The number of nitriles is 1. The largest absolute Gasteiger partial charge is 0.485 e. The number of rotatable bonds is 3. The molecule has 0 saturated carbocycles. The first-order chi connectivity index (χ1) is 13.4. The first-order valence-electron chi connectivity index (χ1n) is 8.77. The molecular formula is C21H18ClN3O3. The molecule has 2 heterocycles. The minimum absolute atomic E-state index is 0.352. The lowest BCUT2D eigenvalue weighted by molar-refractivity contribution is -0.104. The standard InChI is InChI=1S/C21H18ClN3O3/c1-21(2)20(26)19(16-11-13(12-23)3-8-17(16)28-21)27-18-9-10-25(24-18)15-6-4-14(22)5-7-15/h3-11,19-20,26H,1-2H3/t19-,20+/m1/s1. The Morgan fingerprint density at radius 1 is 1.21 bits per heavy atom. The van der Waals surface area contributed by atoms with Crippen molar-refractivity contribution in [3.63, 3.8) is 0 Å². The lowest BCUT2D eigenvalue weighted by Crippen LogP contribution is -2.50. The molecule has 1 aliphatic rings. The molecule has 3 aromatic rings. The number of fused-ring (bicyclic) bond motifs is 1. The van der Waals surface area contributed by atoms with Gasteiger partial charge < -0.3 is 14.6 Å². The average molecular weight is 396 g/mol. The minimum atomic E-state index is -0.949. The zero-order valence-corrected chi connectivity index (χ0v) is 16.1. The fourth-order valence-electron chi connectivity index (χ4n) is 3.18. The summed E-state index contributed by atoms with van der Waals surface area (Å²) in [4.78, 5) is 0. The third-order valence-electron chi connectivity index (χ3n) is 4.72. The predicted molar refractivity (Wildman–Crippen MR) is 104 cm³/mol. The Morgan fingerprint density at radius 2 is 1.96 bits per heavy atom. The van der Waals surface area contributed by atoms with Gasteiger partial charge in [-0.15, -0.1) is 5.10 Å². The Morgan fingerprint density at radius 3 is 2.68 bits per heavy atom. The van der Waals surface area contributed by atoms with Crippen molar-refractivity contribution in [3.05, 3.63) is 70.9 Å². The van der Waals surface area contributed by atoms with Crippen molar-refractivity contribution in [2.24, 2.45) is 0 Å². The second kappa shape index (κ2) is 6.86. The highest BCUT2D eigenvalue weighted by molar-refractivity contribution is 6.30. The summed E-state index contributed by atoms with van der Waals surface area (Å²) in [6.07, 6.45) is 0.0948. The zero-order chi connectivity index (χ0) is 19.9. The maximum atomic E-state index is 10.8. The van der Waals surface area contributed by atoms with E-state index in [0.717, 1.165) is 5.69 Å². The summed E-state index contributed by atoms with van der Waals surface area (Å²) < 4.78 is 13.6. The van der Waals surface area contributed by atoms with Gasteiger partial charge in [0, 0.05) is 22.8 Å².